The number of hydrogen-bond donors (Lipinski definition) is 1. The maximum absolute atomic E-state index is 12.8. The van der Waals surface area contributed by atoms with Crippen molar-refractivity contribution in [3.05, 3.63) is 11.6 Å². The molecule has 2 aliphatic heterocycles. The van der Waals surface area contributed by atoms with Gasteiger partial charge in [0.15, 0.2) is 0 Å². The van der Waals surface area contributed by atoms with E-state index < -0.39 is 12.1 Å². The van der Waals surface area contributed by atoms with Gasteiger partial charge in [0.1, 0.15) is 11.6 Å². The van der Waals surface area contributed by atoms with Gasteiger partial charge in [0.05, 0.1) is 5.92 Å². The molecule has 2 atom stereocenters. The molecule has 1 N–H and O–H groups in total. The van der Waals surface area contributed by atoms with Gasteiger partial charge in [-0.2, -0.15) is 13.2 Å². The average Bonchev–Trinajstić information content (AvgIpc) is 2.95. The van der Waals surface area contributed by atoms with Crippen molar-refractivity contribution in [3.63, 3.8) is 0 Å². The molecule has 0 bridgehead atoms. The lowest BCUT2D eigenvalue weighted by atomic mass is 9.98. The van der Waals surface area contributed by atoms with Crippen molar-refractivity contribution in [3.8, 4) is 0 Å². The fourth-order valence-electron chi connectivity index (χ4n) is 2.79. The van der Waals surface area contributed by atoms with E-state index in [-0.39, 0.29) is 18.9 Å². The van der Waals surface area contributed by atoms with Gasteiger partial charge in [-0.3, -0.25) is 0 Å². The first-order chi connectivity index (χ1) is 8.55. The summed E-state index contributed by atoms with van der Waals surface area (Å²) >= 11 is 0. The molecule has 2 unspecified atom stereocenters. The molecule has 3 heterocycles. The number of aromatic nitrogens is 3. The Hall–Kier alpha value is -1.11. The van der Waals surface area contributed by atoms with Gasteiger partial charge in [-0.05, 0) is 19.4 Å². The number of alkyl halides is 3. The summed E-state index contributed by atoms with van der Waals surface area (Å²) in [5.74, 6) is 0.383. The van der Waals surface area contributed by atoms with Crippen LogP contribution < -0.4 is 5.32 Å². The molecular weight excluding hydrogens is 245 g/mol. The van der Waals surface area contributed by atoms with Crippen LogP contribution in [-0.2, 0) is 13.0 Å². The lowest BCUT2D eigenvalue weighted by Gasteiger charge is -2.26. The molecule has 1 fully saturated rings. The number of rotatable bonds is 1. The van der Waals surface area contributed by atoms with Gasteiger partial charge >= 0.3 is 6.18 Å². The molecule has 0 saturated carbocycles. The van der Waals surface area contributed by atoms with Gasteiger partial charge in [-0.25, -0.2) is 0 Å². The maximum Gasteiger partial charge on any atom is 0.393 e. The van der Waals surface area contributed by atoms with E-state index in [0.29, 0.717) is 12.2 Å². The summed E-state index contributed by atoms with van der Waals surface area (Å²) in [6.45, 7) is 1.67. The molecule has 1 aromatic rings. The van der Waals surface area contributed by atoms with Crippen molar-refractivity contribution in [2.75, 3.05) is 13.1 Å². The number of halogens is 3. The Morgan fingerprint density at radius 3 is 2.72 bits per heavy atom. The molecule has 7 heteroatoms. The van der Waals surface area contributed by atoms with Crippen molar-refractivity contribution in [2.24, 2.45) is 5.92 Å². The molecule has 0 aromatic carbocycles. The van der Waals surface area contributed by atoms with Gasteiger partial charge in [-0.1, -0.05) is 0 Å². The van der Waals surface area contributed by atoms with Crippen LogP contribution >= 0.6 is 0 Å². The zero-order valence-electron chi connectivity index (χ0n) is 9.87. The van der Waals surface area contributed by atoms with E-state index in [1.54, 1.807) is 4.57 Å². The van der Waals surface area contributed by atoms with E-state index >= 15 is 0 Å². The Morgan fingerprint density at radius 1 is 1.22 bits per heavy atom. The van der Waals surface area contributed by atoms with Crippen LogP contribution in [0.3, 0.4) is 0 Å². The second-order valence-electron chi connectivity index (χ2n) is 5.05. The number of nitrogens with one attached hydrogen (secondary N) is 1. The Morgan fingerprint density at radius 2 is 2.06 bits per heavy atom. The van der Waals surface area contributed by atoms with Crippen LogP contribution in [0.25, 0.3) is 0 Å². The molecule has 0 radical (unpaired) electrons. The van der Waals surface area contributed by atoms with Crippen LogP contribution in [0.5, 0.6) is 0 Å². The van der Waals surface area contributed by atoms with Crippen molar-refractivity contribution in [2.45, 2.75) is 37.9 Å². The Labute approximate surface area is 103 Å². The smallest absolute Gasteiger partial charge is 0.316 e. The van der Waals surface area contributed by atoms with Crippen LogP contribution in [0.15, 0.2) is 0 Å². The van der Waals surface area contributed by atoms with Gasteiger partial charge in [-0.15, -0.1) is 10.2 Å². The monoisotopic (exact) mass is 260 g/mol. The highest BCUT2D eigenvalue weighted by molar-refractivity contribution is 5.07. The second-order valence-corrected chi connectivity index (χ2v) is 5.05. The highest BCUT2D eigenvalue weighted by atomic mass is 19.4. The molecule has 4 nitrogen and oxygen atoms in total. The Kier molecular flexibility index (Phi) is 2.80. The predicted molar refractivity (Wildman–Crippen MR) is 58.1 cm³/mol. The topological polar surface area (TPSA) is 42.7 Å². The summed E-state index contributed by atoms with van der Waals surface area (Å²) < 4.78 is 40.0. The SMILES string of the molecule is FC(F)(F)C1CCc2nnc(C3CCNC3)n2C1. The first-order valence-corrected chi connectivity index (χ1v) is 6.25. The van der Waals surface area contributed by atoms with Crippen LogP contribution in [0, 0.1) is 5.92 Å². The van der Waals surface area contributed by atoms with E-state index in [4.69, 9.17) is 0 Å². The van der Waals surface area contributed by atoms with E-state index in [9.17, 15) is 13.2 Å². The molecule has 1 aromatic heterocycles. The summed E-state index contributed by atoms with van der Waals surface area (Å²) in [5, 5.41) is 11.3. The Bertz CT molecular complexity index is 434. The van der Waals surface area contributed by atoms with Gasteiger partial charge in [0.2, 0.25) is 0 Å². The van der Waals surface area contributed by atoms with Gasteiger partial charge in [0, 0.05) is 25.4 Å². The molecule has 18 heavy (non-hydrogen) atoms. The minimum Gasteiger partial charge on any atom is -0.316 e. The third kappa shape index (κ3) is 2.00. The third-order valence-corrected chi connectivity index (χ3v) is 3.86. The summed E-state index contributed by atoms with van der Waals surface area (Å²) in [4.78, 5) is 0. The van der Waals surface area contributed by atoms with Crippen LogP contribution in [0.2, 0.25) is 0 Å². The second kappa shape index (κ2) is 4.22. The predicted octanol–water partition coefficient (Wildman–Crippen LogP) is 1.48. The standard InChI is InChI=1S/C11H15F3N4/c12-11(13,14)8-1-2-9-16-17-10(18(9)6-8)7-3-4-15-5-7/h7-8,15H,1-6H2. The fraction of sp³-hybridized carbons (Fsp3) is 0.818. The van der Waals surface area contributed by atoms with E-state index in [1.165, 1.54) is 0 Å². The van der Waals surface area contributed by atoms with Crippen molar-refractivity contribution >= 4 is 0 Å². The molecule has 0 aliphatic carbocycles. The third-order valence-electron chi connectivity index (χ3n) is 3.86. The van der Waals surface area contributed by atoms with Crippen molar-refractivity contribution in [1.82, 2.24) is 20.1 Å². The zero-order valence-corrected chi connectivity index (χ0v) is 9.87. The first-order valence-electron chi connectivity index (χ1n) is 6.25. The van der Waals surface area contributed by atoms with Crippen LogP contribution in [0.1, 0.15) is 30.4 Å². The fourth-order valence-corrected chi connectivity index (χ4v) is 2.79. The number of fused-ring (bicyclic) bond motifs is 1. The summed E-state index contributed by atoms with van der Waals surface area (Å²) in [7, 11) is 0. The quantitative estimate of drug-likeness (QED) is 0.831. The van der Waals surface area contributed by atoms with E-state index in [0.717, 1.165) is 25.3 Å². The number of aryl methyl sites for hydroxylation is 1. The largest absolute Gasteiger partial charge is 0.393 e. The van der Waals surface area contributed by atoms with E-state index in [2.05, 4.69) is 15.5 Å². The van der Waals surface area contributed by atoms with Crippen molar-refractivity contribution in [1.29, 1.82) is 0 Å². The van der Waals surface area contributed by atoms with E-state index in [1.807, 2.05) is 0 Å². The summed E-state index contributed by atoms with van der Waals surface area (Å²) in [6.07, 6.45) is -2.69. The molecule has 0 spiro atoms. The average molecular weight is 260 g/mol. The highest BCUT2D eigenvalue weighted by Crippen LogP contribution is 2.35. The first kappa shape index (κ1) is 12.0. The minimum absolute atomic E-state index is 0.0162. The van der Waals surface area contributed by atoms with Gasteiger partial charge < -0.3 is 9.88 Å². The molecule has 2 aliphatic rings. The minimum atomic E-state index is -4.12. The molecule has 100 valence electrons. The maximum atomic E-state index is 12.8. The van der Waals surface area contributed by atoms with Crippen LogP contribution in [-0.4, -0.2) is 34.0 Å². The summed E-state index contributed by atoms with van der Waals surface area (Å²) in [6, 6.07) is 0. The highest BCUT2D eigenvalue weighted by Gasteiger charge is 2.42. The summed E-state index contributed by atoms with van der Waals surface area (Å²) in [5.41, 5.74) is 0. The Balaban J connectivity index is 1.86. The molecule has 0 amide bonds. The normalized spacial score (nSPS) is 28.4. The lowest BCUT2D eigenvalue weighted by Crippen LogP contribution is -2.33. The number of nitrogens with zero attached hydrogens (tertiary/aromatic N) is 3. The van der Waals surface area contributed by atoms with Gasteiger partial charge in [0.25, 0.3) is 0 Å². The number of hydrogen-bond acceptors (Lipinski definition) is 3. The molecular formula is C11H15F3N4. The molecule has 1 saturated heterocycles. The van der Waals surface area contributed by atoms with Crippen LogP contribution in [0.4, 0.5) is 13.2 Å². The molecule has 3 rings (SSSR count). The lowest BCUT2D eigenvalue weighted by molar-refractivity contribution is -0.182. The van der Waals surface area contributed by atoms with Crippen molar-refractivity contribution < 1.29 is 13.2 Å². The zero-order chi connectivity index (χ0) is 12.8.